The van der Waals surface area contributed by atoms with E-state index in [0.717, 1.165) is 43.4 Å². The van der Waals surface area contributed by atoms with Crippen molar-refractivity contribution in [3.63, 3.8) is 0 Å². The van der Waals surface area contributed by atoms with Crippen molar-refractivity contribution in [3.05, 3.63) is 59.7 Å². The van der Waals surface area contributed by atoms with Gasteiger partial charge in [0.05, 0.1) is 11.1 Å². The third-order valence-electron chi connectivity index (χ3n) is 13.1. The number of rotatable bonds is 9. The lowest BCUT2D eigenvalue weighted by molar-refractivity contribution is -0.116. The van der Waals surface area contributed by atoms with Gasteiger partial charge in [-0.05, 0) is 147 Å². The highest BCUT2D eigenvalue weighted by atomic mass is 16.6. The molecule has 6 nitrogen and oxygen atoms in total. The van der Waals surface area contributed by atoms with Crippen molar-refractivity contribution in [3.8, 4) is 0 Å². The van der Waals surface area contributed by atoms with Gasteiger partial charge in [0.25, 0.3) is 0 Å². The molecular formula is C40H56N2O4. The monoisotopic (exact) mass is 628 g/mol. The molecule has 2 aromatic rings. The van der Waals surface area contributed by atoms with Gasteiger partial charge in [-0.15, -0.1) is 0 Å². The van der Waals surface area contributed by atoms with Crippen LogP contribution < -0.4 is 11.5 Å². The van der Waals surface area contributed by atoms with Crippen LogP contribution >= 0.6 is 0 Å². The summed E-state index contributed by atoms with van der Waals surface area (Å²) >= 11 is 0. The van der Waals surface area contributed by atoms with Gasteiger partial charge in [-0.2, -0.15) is 0 Å². The molecule has 4 aliphatic rings. The maximum atomic E-state index is 13.6. The molecule has 1 spiro atoms. The van der Waals surface area contributed by atoms with Crippen LogP contribution in [0.1, 0.15) is 125 Å². The Morgan fingerprint density at radius 1 is 0.783 bits per heavy atom. The lowest BCUT2D eigenvalue weighted by Crippen LogP contribution is -2.51. The van der Waals surface area contributed by atoms with Gasteiger partial charge in [0.15, 0.2) is 0 Å². The average molecular weight is 629 g/mol. The molecule has 4 aliphatic carbocycles. The van der Waals surface area contributed by atoms with Crippen LogP contribution in [0.5, 0.6) is 0 Å². The lowest BCUT2D eigenvalue weighted by atomic mass is 9.54. The number of anilines is 2. The van der Waals surface area contributed by atoms with Gasteiger partial charge in [-0.25, -0.2) is 9.59 Å². The van der Waals surface area contributed by atoms with Gasteiger partial charge in [0, 0.05) is 17.3 Å². The minimum atomic E-state index is -0.303. The van der Waals surface area contributed by atoms with Crippen molar-refractivity contribution in [2.45, 2.75) is 117 Å². The minimum absolute atomic E-state index is 0.109. The van der Waals surface area contributed by atoms with Crippen LogP contribution in [0.4, 0.5) is 11.4 Å². The van der Waals surface area contributed by atoms with Crippen molar-refractivity contribution in [2.24, 2.45) is 46.3 Å². The highest BCUT2D eigenvalue weighted by Gasteiger charge is 2.61. The number of carbonyl (C=O) groups excluding carboxylic acids is 2. The Kier molecular flexibility index (Phi) is 9.47. The SMILES string of the molecule is CC(C)CCCC(C)C1CCC2C3CC(OC(=O)c4ccc(N)cc4)C4CC(OC(=O)c5ccc(N)cc5)CCC4(CCC12C)C3. The molecule has 0 aromatic heterocycles. The van der Waals surface area contributed by atoms with E-state index in [1.807, 2.05) is 0 Å². The van der Waals surface area contributed by atoms with E-state index in [2.05, 4.69) is 27.7 Å². The van der Waals surface area contributed by atoms with Gasteiger partial charge in [-0.1, -0.05) is 47.0 Å². The van der Waals surface area contributed by atoms with Crippen LogP contribution in [0.25, 0.3) is 0 Å². The van der Waals surface area contributed by atoms with E-state index in [-0.39, 0.29) is 35.5 Å². The fraction of sp³-hybridized carbons (Fsp3) is 0.650. The molecule has 9 unspecified atom stereocenters. The summed E-state index contributed by atoms with van der Waals surface area (Å²) in [6, 6.07) is 14.0. The molecule has 46 heavy (non-hydrogen) atoms. The van der Waals surface area contributed by atoms with Crippen LogP contribution in [0.3, 0.4) is 0 Å². The molecule has 0 heterocycles. The lowest BCUT2D eigenvalue weighted by Gasteiger charge is -2.54. The van der Waals surface area contributed by atoms with E-state index in [1.165, 1.54) is 51.4 Å². The molecule has 250 valence electrons. The molecule has 4 saturated carbocycles. The summed E-state index contributed by atoms with van der Waals surface area (Å²) in [6.07, 6.45) is 13.4. The normalized spacial score (nSPS) is 34.2. The van der Waals surface area contributed by atoms with Crippen LogP contribution in [0, 0.1) is 46.3 Å². The van der Waals surface area contributed by atoms with Crippen LogP contribution in [-0.2, 0) is 9.47 Å². The van der Waals surface area contributed by atoms with Gasteiger partial charge < -0.3 is 20.9 Å². The number of nitrogen functional groups attached to an aromatic ring is 2. The van der Waals surface area contributed by atoms with Crippen molar-refractivity contribution >= 4 is 23.3 Å². The smallest absolute Gasteiger partial charge is 0.338 e. The summed E-state index contributed by atoms with van der Waals surface area (Å²) in [5.74, 6) is 3.08. The first-order valence-electron chi connectivity index (χ1n) is 18.1. The first kappa shape index (κ1) is 32.9. The Hall–Kier alpha value is -3.02. The average Bonchev–Trinajstić information content (AvgIpc) is 3.33. The summed E-state index contributed by atoms with van der Waals surface area (Å²) in [5, 5.41) is 0. The van der Waals surface area contributed by atoms with Gasteiger partial charge in [-0.3, -0.25) is 0 Å². The minimum Gasteiger partial charge on any atom is -0.459 e. The Bertz CT molecular complexity index is 1370. The fourth-order valence-electron chi connectivity index (χ4n) is 10.7. The van der Waals surface area contributed by atoms with Crippen LogP contribution in [0.2, 0.25) is 0 Å². The number of benzene rings is 2. The summed E-state index contributed by atoms with van der Waals surface area (Å²) in [6.45, 7) is 9.82. The first-order valence-corrected chi connectivity index (χ1v) is 18.1. The number of hydrogen-bond acceptors (Lipinski definition) is 6. The zero-order chi connectivity index (χ0) is 32.6. The van der Waals surface area contributed by atoms with Crippen LogP contribution in [0.15, 0.2) is 48.5 Å². The topological polar surface area (TPSA) is 105 Å². The van der Waals surface area contributed by atoms with Gasteiger partial charge in [0.2, 0.25) is 0 Å². The molecule has 6 heteroatoms. The van der Waals surface area contributed by atoms with E-state index in [0.29, 0.717) is 39.8 Å². The molecule has 0 saturated heterocycles. The molecule has 4 N–H and O–H groups in total. The molecule has 0 aliphatic heterocycles. The maximum Gasteiger partial charge on any atom is 0.338 e. The van der Waals surface area contributed by atoms with Gasteiger partial charge >= 0.3 is 11.9 Å². The van der Waals surface area contributed by atoms with Crippen molar-refractivity contribution < 1.29 is 19.1 Å². The van der Waals surface area contributed by atoms with Crippen molar-refractivity contribution in [1.82, 2.24) is 0 Å². The summed E-state index contributed by atoms with van der Waals surface area (Å²) in [5.41, 5.74) is 14.5. The quantitative estimate of drug-likeness (QED) is 0.212. The number of ether oxygens (including phenoxy) is 2. The second-order valence-electron chi connectivity index (χ2n) is 16.3. The highest BCUT2D eigenvalue weighted by molar-refractivity contribution is 5.90. The predicted octanol–water partition coefficient (Wildman–Crippen LogP) is 9.09. The maximum absolute atomic E-state index is 13.6. The zero-order valence-corrected chi connectivity index (χ0v) is 28.5. The third kappa shape index (κ3) is 6.55. The fourth-order valence-corrected chi connectivity index (χ4v) is 10.7. The molecule has 9 atom stereocenters. The second-order valence-corrected chi connectivity index (χ2v) is 16.3. The number of hydrogen-bond donors (Lipinski definition) is 2. The summed E-state index contributed by atoms with van der Waals surface area (Å²) in [7, 11) is 0. The number of esters is 2. The standard InChI is InChI=1S/C40H56N2O4/c1-25(2)6-5-7-26(3)33-16-17-34-29-22-36(46-38(44)28-10-14-31(42)15-11-28)35-23-32(45-37(43)27-8-12-30(41)13-9-27)18-19-40(35,24-29)21-20-39(33,34)4/h8-15,25-26,29,32-36H,5-7,16-24,41-42H2,1-4H3. The highest BCUT2D eigenvalue weighted by Crippen LogP contribution is 2.67. The molecule has 2 bridgehead atoms. The Morgan fingerprint density at radius 3 is 2.04 bits per heavy atom. The molecule has 2 aromatic carbocycles. The Labute approximate surface area is 276 Å². The molecular weight excluding hydrogens is 572 g/mol. The van der Waals surface area contributed by atoms with Crippen LogP contribution in [-0.4, -0.2) is 24.1 Å². The molecule has 0 radical (unpaired) electrons. The largest absolute Gasteiger partial charge is 0.459 e. The van der Waals surface area contributed by atoms with E-state index >= 15 is 0 Å². The van der Waals surface area contributed by atoms with E-state index in [1.54, 1.807) is 48.5 Å². The summed E-state index contributed by atoms with van der Waals surface area (Å²) in [4.78, 5) is 26.7. The van der Waals surface area contributed by atoms with Gasteiger partial charge in [0.1, 0.15) is 12.2 Å². The predicted molar refractivity (Wildman–Crippen MR) is 184 cm³/mol. The van der Waals surface area contributed by atoms with Crippen molar-refractivity contribution in [2.75, 3.05) is 11.5 Å². The Balaban J connectivity index is 1.24. The molecule has 4 fully saturated rings. The molecule has 0 amide bonds. The molecule has 6 rings (SSSR count). The summed E-state index contributed by atoms with van der Waals surface area (Å²) < 4.78 is 12.7. The number of fused-ring (bicyclic) bond motifs is 3. The second kappa shape index (κ2) is 13.2. The van der Waals surface area contributed by atoms with E-state index < -0.39 is 0 Å². The number of nitrogens with two attached hydrogens (primary N) is 2. The first-order chi connectivity index (χ1) is 22.0. The van der Waals surface area contributed by atoms with E-state index in [9.17, 15) is 9.59 Å². The Morgan fingerprint density at radius 2 is 1.41 bits per heavy atom. The third-order valence-corrected chi connectivity index (χ3v) is 13.1. The van der Waals surface area contributed by atoms with Crippen molar-refractivity contribution in [1.29, 1.82) is 0 Å². The zero-order valence-electron chi connectivity index (χ0n) is 28.5. The van der Waals surface area contributed by atoms with E-state index in [4.69, 9.17) is 20.9 Å². The number of carbonyl (C=O) groups is 2.